The summed E-state index contributed by atoms with van der Waals surface area (Å²) in [4.78, 5) is 44.3. The average Bonchev–Trinajstić information content (AvgIpc) is 3.59. The first kappa shape index (κ1) is 28.6. The first-order chi connectivity index (χ1) is 20.3. The van der Waals surface area contributed by atoms with Crippen molar-refractivity contribution < 1.29 is 33.0 Å². The van der Waals surface area contributed by atoms with Crippen LogP contribution >= 0.6 is 11.3 Å². The zero-order valence-corrected chi connectivity index (χ0v) is 24.4. The van der Waals surface area contributed by atoms with Gasteiger partial charge in [-0.05, 0) is 49.7 Å². The molecule has 0 N–H and O–H groups in total. The summed E-state index contributed by atoms with van der Waals surface area (Å²) in [6.45, 7) is 3.60. The van der Waals surface area contributed by atoms with Gasteiger partial charge in [0.2, 0.25) is 0 Å². The highest BCUT2D eigenvalue weighted by Crippen LogP contribution is 2.36. The summed E-state index contributed by atoms with van der Waals surface area (Å²) in [6.07, 6.45) is 1.61. The third kappa shape index (κ3) is 5.14. The van der Waals surface area contributed by atoms with Crippen molar-refractivity contribution in [3.63, 3.8) is 0 Å². The Morgan fingerprint density at radius 3 is 2.50 bits per heavy atom. The molecule has 0 bridgehead atoms. The van der Waals surface area contributed by atoms with Crippen LogP contribution in [0.5, 0.6) is 11.5 Å². The van der Waals surface area contributed by atoms with Gasteiger partial charge in [-0.2, -0.15) is 0 Å². The number of ether oxygens (including phenoxy) is 4. The van der Waals surface area contributed by atoms with Crippen LogP contribution in [-0.4, -0.2) is 44.4 Å². The van der Waals surface area contributed by atoms with Gasteiger partial charge in [0.1, 0.15) is 11.5 Å². The standard InChI is InChI=1S/C31H28N2O8S/c1-6-40-30(36)26-17(2)32-31-33(27(26)18-11-13-23(37-3)24(15-18)38-4)28(34)25(42-31)16-19-12-14-22(41-19)20-9-7-8-10-21(20)29(35)39-5/h7-16,27H,6H2,1-5H3/b25-16-/t27-/m0/s1. The molecule has 0 amide bonds. The number of benzene rings is 2. The number of hydrogen-bond donors (Lipinski definition) is 0. The minimum absolute atomic E-state index is 0.165. The number of fused-ring (bicyclic) bond motifs is 1. The van der Waals surface area contributed by atoms with Gasteiger partial charge < -0.3 is 23.4 Å². The van der Waals surface area contributed by atoms with Crippen LogP contribution in [0, 0.1) is 0 Å². The van der Waals surface area contributed by atoms with Crippen molar-refractivity contribution in [2.24, 2.45) is 4.99 Å². The Morgan fingerprint density at radius 2 is 1.79 bits per heavy atom. The first-order valence-corrected chi connectivity index (χ1v) is 13.8. The van der Waals surface area contributed by atoms with E-state index >= 15 is 0 Å². The molecule has 0 aliphatic carbocycles. The van der Waals surface area contributed by atoms with Crippen LogP contribution in [0.2, 0.25) is 0 Å². The number of furan rings is 1. The maximum Gasteiger partial charge on any atom is 0.338 e. The highest BCUT2D eigenvalue weighted by atomic mass is 32.1. The smallest absolute Gasteiger partial charge is 0.338 e. The Bertz CT molecular complexity index is 1900. The molecule has 11 heteroatoms. The number of carbonyl (C=O) groups is 2. The van der Waals surface area contributed by atoms with E-state index < -0.39 is 18.0 Å². The number of aromatic nitrogens is 1. The molecule has 0 spiro atoms. The fourth-order valence-electron chi connectivity index (χ4n) is 4.82. The molecule has 0 saturated heterocycles. The maximum absolute atomic E-state index is 13.9. The highest BCUT2D eigenvalue weighted by molar-refractivity contribution is 7.07. The SMILES string of the molecule is CCOC(=O)C1=C(C)N=c2s/c(=C\c3ccc(-c4ccccc4C(=O)OC)o3)c(=O)n2[C@H]1c1ccc(OC)c(OC)c1. The van der Waals surface area contributed by atoms with E-state index in [-0.39, 0.29) is 17.7 Å². The summed E-state index contributed by atoms with van der Waals surface area (Å²) >= 11 is 1.17. The number of carbonyl (C=O) groups excluding carboxylic acids is 2. The normalized spacial score (nSPS) is 14.7. The van der Waals surface area contributed by atoms with E-state index in [4.69, 9.17) is 23.4 Å². The zero-order valence-electron chi connectivity index (χ0n) is 23.6. The molecule has 0 fully saturated rings. The van der Waals surface area contributed by atoms with Crippen LogP contribution in [0.3, 0.4) is 0 Å². The lowest BCUT2D eigenvalue weighted by Crippen LogP contribution is -2.39. The van der Waals surface area contributed by atoms with E-state index in [1.807, 2.05) is 0 Å². The second-order valence-corrected chi connectivity index (χ2v) is 10.2. The molecule has 1 aliphatic heterocycles. The lowest BCUT2D eigenvalue weighted by Gasteiger charge is -2.25. The molecule has 1 atom stereocenters. The molecule has 216 valence electrons. The number of thiazole rings is 1. The summed E-state index contributed by atoms with van der Waals surface area (Å²) in [6, 6.07) is 14.8. The molecule has 0 saturated carbocycles. The second kappa shape index (κ2) is 11.9. The van der Waals surface area contributed by atoms with Gasteiger partial charge in [-0.15, -0.1) is 0 Å². The molecule has 42 heavy (non-hydrogen) atoms. The lowest BCUT2D eigenvalue weighted by molar-refractivity contribution is -0.139. The molecule has 0 radical (unpaired) electrons. The van der Waals surface area contributed by atoms with E-state index in [0.717, 1.165) is 0 Å². The van der Waals surface area contributed by atoms with Crippen molar-refractivity contribution in [3.05, 3.63) is 102 Å². The minimum atomic E-state index is -0.818. The Hall–Kier alpha value is -4.90. The molecule has 2 aromatic heterocycles. The Balaban J connectivity index is 1.65. The number of hydrogen-bond acceptors (Lipinski definition) is 10. The van der Waals surface area contributed by atoms with E-state index in [9.17, 15) is 14.4 Å². The second-order valence-electron chi connectivity index (χ2n) is 9.16. The Kier molecular flexibility index (Phi) is 8.12. The molecule has 10 nitrogen and oxygen atoms in total. The average molecular weight is 589 g/mol. The summed E-state index contributed by atoms with van der Waals surface area (Å²) in [5.41, 5.74) is 1.88. The molecular formula is C31H28N2O8S. The van der Waals surface area contributed by atoms with Crippen molar-refractivity contribution in [1.29, 1.82) is 0 Å². The van der Waals surface area contributed by atoms with Crippen LogP contribution < -0.4 is 24.4 Å². The van der Waals surface area contributed by atoms with Crippen molar-refractivity contribution >= 4 is 29.4 Å². The third-order valence-electron chi connectivity index (χ3n) is 6.74. The quantitative estimate of drug-likeness (QED) is 0.285. The largest absolute Gasteiger partial charge is 0.493 e. The highest BCUT2D eigenvalue weighted by Gasteiger charge is 2.34. The van der Waals surface area contributed by atoms with Crippen LogP contribution in [-0.2, 0) is 14.3 Å². The van der Waals surface area contributed by atoms with Crippen molar-refractivity contribution in [2.75, 3.05) is 27.9 Å². The van der Waals surface area contributed by atoms with Crippen molar-refractivity contribution in [2.45, 2.75) is 19.9 Å². The van der Waals surface area contributed by atoms with Crippen LogP contribution in [0.4, 0.5) is 0 Å². The number of allylic oxidation sites excluding steroid dienone is 1. The van der Waals surface area contributed by atoms with E-state index in [1.54, 1.807) is 74.5 Å². The molecular weight excluding hydrogens is 560 g/mol. The van der Waals surface area contributed by atoms with Crippen LogP contribution in [0.1, 0.15) is 41.6 Å². The van der Waals surface area contributed by atoms with Gasteiger partial charge in [-0.1, -0.05) is 35.6 Å². The summed E-state index contributed by atoms with van der Waals surface area (Å²) in [5, 5.41) is 0. The predicted molar refractivity (Wildman–Crippen MR) is 155 cm³/mol. The number of esters is 2. The molecule has 0 unspecified atom stereocenters. The van der Waals surface area contributed by atoms with E-state index in [0.29, 0.717) is 54.7 Å². The van der Waals surface area contributed by atoms with Gasteiger partial charge in [0.25, 0.3) is 5.56 Å². The first-order valence-electron chi connectivity index (χ1n) is 13.0. The van der Waals surface area contributed by atoms with E-state index in [1.165, 1.54) is 37.2 Å². The van der Waals surface area contributed by atoms with Gasteiger partial charge in [0.15, 0.2) is 16.3 Å². The predicted octanol–water partition coefficient (Wildman–Crippen LogP) is 3.86. The van der Waals surface area contributed by atoms with Crippen LogP contribution in [0.25, 0.3) is 17.4 Å². The zero-order chi connectivity index (χ0) is 30.0. The maximum atomic E-state index is 13.9. The number of methoxy groups -OCH3 is 3. The monoisotopic (exact) mass is 588 g/mol. The van der Waals surface area contributed by atoms with Crippen LogP contribution in [0.15, 0.2) is 80.1 Å². The summed E-state index contributed by atoms with van der Waals surface area (Å²) in [5.74, 6) is 0.755. The third-order valence-corrected chi connectivity index (χ3v) is 7.72. The molecule has 1 aliphatic rings. The fraction of sp³-hybridized carbons (Fsp3) is 0.226. The molecule has 4 aromatic rings. The topological polar surface area (TPSA) is 119 Å². The number of rotatable bonds is 8. The summed E-state index contributed by atoms with van der Waals surface area (Å²) < 4.78 is 29.0. The molecule has 3 heterocycles. The van der Waals surface area contributed by atoms with Gasteiger partial charge in [0, 0.05) is 11.6 Å². The summed E-state index contributed by atoms with van der Waals surface area (Å²) in [7, 11) is 4.36. The van der Waals surface area contributed by atoms with E-state index in [2.05, 4.69) is 4.99 Å². The lowest BCUT2D eigenvalue weighted by atomic mass is 9.95. The number of nitrogens with zero attached hydrogens (tertiary/aromatic N) is 2. The van der Waals surface area contributed by atoms with Crippen molar-refractivity contribution in [3.8, 4) is 22.8 Å². The minimum Gasteiger partial charge on any atom is -0.493 e. The van der Waals surface area contributed by atoms with Crippen molar-refractivity contribution in [1.82, 2.24) is 4.57 Å². The molecule has 5 rings (SSSR count). The van der Waals surface area contributed by atoms with Gasteiger partial charge in [-0.3, -0.25) is 9.36 Å². The van der Waals surface area contributed by atoms with Gasteiger partial charge in [-0.25, -0.2) is 14.6 Å². The van der Waals surface area contributed by atoms with Gasteiger partial charge >= 0.3 is 11.9 Å². The Labute approximate surface area is 244 Å². The molecule has 2 aromatic carbocycles. The fourth-order valence-corrected chi connectivity index (χ4v) is 5.85. The van der Waals surface area contributed by atoms with Gasteiger partial charge in [0.05, 0.1) is 55.3 Å². The Morgan fingerprint density at radius 1 is 1.02 bits per heavy atom.